The zero-order chi connectivity index (χ0) is 19.3. The van der Waals surface area contributed by atoms with Crippen LogP contribution in [0, 0.1) is 0 Å². The molecule has 1 aromatic heterocycles. The van der Waals surface area contributed by atoms with E-state index in [2.05, 4.69) is 5.32 Å². The van der Waals surface area contributed by atoms with Gasteiger partial charge in [-0.05, 0) is 19.8 Å². The molecule has 0 aliphatic carbocycles. The number of amides is 1. The third-order valence-electron chi connectivity index (χ3n) is 4.54. The first-order valence-electron chi connectivity index (χ1n) is 9.15. The normalized spacial score (nSPS) is 15.7. The van der Waals surface area contributed by atoms with Crippen molar-refractivity contribution in [2.24, 2.45) is 0 Å². The zero-order valence-electron chi connectivity index (χ0n) is 15.8. The second-order valence-corrected chi connectivity index (χ2v) is 6.54. The van der Waals surface area contributed by atoms with E-state index < -0.39 is 11.2 Å². The summed E-state index contributed by atoms with van der Waals surface area (Å²) in [6.45, 7) is 7.82. The van der Waals surface area contributed by atoms with Gasteiger partial charge in [0.15, 0.2) is 0 Å². The lowest BCUT2D eigenvalue weighted by Gasteiger charge is -2.30. The number of aromatic nitrogens is 2. The number of nitrogens with one attached hydrogen (secondary N) is 1. The minimum Gasteiger partial charge on any atom is -0.383 e. The van der Waals surface area contributed by atoms with Gasteiger partial charge in [-0.2, -0.15) is 0 Å². The highest BCUT2D eigenvalue weighted by Crippen LogP contribution is 2.18. The second kappa shape index (κ2) is 8.88. The summed E-state index contributed by atoms with van der Waals surface area (Å²) in [5, 5.41) is 2.79. The Bertz CT molecular complexity index is 749. The van der Waals surface area contributed by atoms with Crippen LogP contribution in [0.4, 0.5) is 11.5 Å². The van der Waals surface area contributed by atoms with Crippen LogP contribution in [-0.4, -0.2) is 47.4 Å². The summed E-state index contributed by atoms with van der Waals surface area (Å²) in [5.41, 5.74) is 5.37. The third-order valence-corrected chi connectivity index (χ3v) is 4.54. The van der Waals surface area contributed by atoms with E-state index in [4.69, 9.17) is 10.5 Å². The molecule has 1 aromatic rings. The van der Waals surface area contributed by atoms with E-state index in [0.717, 1.165) is 11.0 Å². The number of carbonyl (C=O) groups excluding carboxylic acids is 1. The number of rotatable bonds is 7. The fourth-order valence-corrected chi connectivity index (χ4v) is 2.93. The first kappa shape index (κ1) is 20.0. The predicted octanol–water partition coefficient (Wildman–Crippen LogP) is -0.246. The highest BCUT2D eigenvalue weighted by atomic mass is 16.5. The van der Waals surface area contributed by atoms with E-state index in [9.17, 15) is 14.4 Å². The molecule has 9 nitrogen and oxygen atoms in total. The van der Waals surface area contributed by atoms with Crippen LogP contribution in [0.1, 0.15) is 33.6 Å². The smallest absolute Gasteiger partial charge is 0.333 e. The number of ether oxygens (including phenoxy) is 1. The molecule has 0 bridgehead atoms. The average molecular weight is 367 g/mol. The van der Waals surface area contributed by atoms with Gasteiger partial charge in [0.2, 0.25) is 5.91 Å². The molecule has 1 atom stereocenters. The monoisotopic (exact) mass is 367 g/mol. The molecule has 146 valence electrons. The summed E-state index contributed by atoms with van der Waals surface area (Å²) in [5.74, 6) is -0.207. The van der Waals surface area contributed by atoms with E-state index in [1.165, 1.54) is 4.57 Å². The lowest BCUT2D eigenvalue weighted by molar-refractivity contribution is -0.122. The number of anilines is 2. The van der Waals surface area contributed by atoms with Crippen LogP contribution in [0.2, 0.25) is 0 Å². The van der Waals surface area contributed by atoms with Gasteiger partial charge in [0.05, 0.1) is 13.2 Å². The van der Waals surface area contributed by atoms with Crippen LogP contribution in [0.15, 0.2) is 9.59 Å². The molecule has 2 rings (SSSR count). The highest BCUT2D eigenvalue weighted by Gasteiger charge is 2.24. The molecule has 0 saturated carbocycles. The molecule has 0 radical (unpaired) electrons. The molecule has 0 spiro atoms. The number of nitrogens with two attached hydrogens (primary N) is 1. The molecule has 1 aliphatic heterocycles. The van der Waals surface area contributed by atoms with Gasteiger partial charge < -0.3 is 20.7 Å². The van der Waals surface area contributed by atoms with Gasteiger partial charge in [-0.1, -0.05) is 13.8 Å². The Labute approximate surface area is 152 Å². The fraction of sp³-hybridized carbons (Fsp3) is 0.706. The van der Waals surface area contributed by atoms with Gasteiger partial charge in [0.1, 0.15) is 18.1 Å². The van der Waals surface area contributed by atoms with Crippen molar-refractivity contribution in [1.82, 2.24) is 14.5 Å². The predicted molar refractivity (Wildman–Crippen MR) is 101 cm³/mol. The minimum absolute atomic E-state index is 0.0245. The molecule has 0 aromatic carbocycles. The Kier molecular flexibility index (Phi) is 6.84. The SMILES string of the molecule is CCCn1c(N)c(N2CCOCC2)c(=O)n(CC(=O)N[C@@H](C)CC)c1=O. The highest BCUT2D eigenvalue weighted by molar-refractivity contribution is 5.76. The summed E-state index contributed by atoms with van der Waals surface area (Å²) in [6, 6.07) is -0.0245. The topological polar surface area (TPSA) is 112 Å². The Balaban J connectivity index is 2.49. The Hall–Kier alpha value is -2.29. The second-order valence-electron chi connectivity index (χ2n) is 6.54. The lowest BCUT2D eigenvalue weighted by atomic mass is 10.2. The van der Waals surface area contributed by atoms with Gasteiger partial charge in [0.25, 0.3) is 5.56 Å². The van der Waals surface area contributed by atoms with E-state index >= 15 is 0 Å². The van der Waals surface area contributed by atoms with Crippen LogP contribution in [0.25, 0.3) is 0 Å². The maximum absolute atomic E-state index is 13.0. The summed E-state index contributed by atoms with van der Waals surface area (Å²) in [7, 11) is 0. The maximum atomic E-state index is 13.0. The van der Waals surface area contributed by atoms with E-state index in [1.54, 1.807) is 0 Å². The molecule has 2 heterocycles. The van der Waals surface area contributed by atoms with Crippen molar-refractivity contribution in [1.29, 1.82) is 0 Å². The van der Waals surface area contributed by atoms with Gasteiger partial charge in [0, 0.05) is 25.7 Å². The molecule has 3 N–H and O–H groups in total. The van der Waals surface area contributed by atoms with Gasteiger partial charge in [-0.15, -0.1) is 0 Å². The molecule has 0 unspecified atom stereocenters. The molecule has 9 heteroatoms. The number of morpholine rings is 1. The number of carbonyl (C=O) groups is 1. The van der Waals surface area contributed by atoms with Crippen molar-refractivity contribution >= 4 is 17.4 Å². The average Bonchev–Trinajstić information content (AvgIpc) is 2.63. The Morgan fingerprint density at radius 2 is 1.88 bits per heavy atom. The zero-order valence-corrected chi connectivity index (χ0v) is 15.8. The molecule has 1 aliphatic rings. The largest absolute Gasteiger partial charge is 0.383 e. The molecule has 1 saturated heterocycles. The van der Waals surface area contributed by atoms with Crippen molar-refractivity contribution in [2.45, 2.75) is 52.7 Å². The molecule has 1 amide bonds. The number of hydrogen-bond acceptors (Lipinski definition) is 6. The maximum Gasteiger partial charge on any atom is 0.333 e. The van der Waals surface area contributed by atoms with Crippen molar-refractivity contribution < 1.29 is 9.53 Å². The van der Waals surface area contributed by atoms with E-state index in [0.29, 0.717) is 39.3 Å². The summed E-state index contributed by atoms with van der Waals surface area (Å²) >= 11 is 0. The summed E-state index contributed by atoms with van der Waals surface area (Å²) < 4.78 is 7.69. The molecule has 26 heavy (non-hydrogen) atoms. The number of nitrogen functional groups attached to an aromatic ring is 1. The Morgan fingerprint density at radius 1 is 1.23 bits per heavy atom. The van der Waals surface area contributed by atoms with E-state index in [1.807, 2.05) is 25.7 Å². The number of nitrogens with zero attached hydrogens (tertiary/aromatic N) is 3. The lowest BCUT2D eigenvalue weighted by Crippen LogP contribution is -2.49. The van der Waals surface area contributed by atoms with Crippen LogP contribution >= 0.6 is 0 Å². The molecule has 1 fully saturated rings. The third kappa shape index (κ3) is 4.27. The minimum atomic E-state index is -0.550. The quantitative estimate of drug-likeness (QED) is 0.688. The van der Waals surface area contributed by atoms with Gasteiger partial charge >= 0.3 is 5.69 Å². The van der Waals surface area contributed by atoms with Crippen molar-refractivity contribution in [3.63, 3.8) is 0 Å². The first-order chi connectivity index (χ1) is 12.4. The summed E-state index contributed by atoms with van der Waals surface area (Å²) in [4.78, 5) is 39.8. The molecular weight excluding hydrogens is 338 g/mol. The van der Waals surface area contributed by atoms with Crippen molar-refractivity contribution in [3.8, 4) is 0 Å². The van der Waals surface area contributed by atoms with Gasteiger partial charge in [-0.3, -0.25) is 14.2 Å². The Morgan fingerprint density at radius 3 is 2.46 bits per heavy atom. The van der Waals surface area contributed by atoms with Crippen LogP contribution in [0.3, 0.4) is 0 Å². The first-order valence-corrected chi connectivity index (χ1v) is 9.15. The van der Waals surface area contributed by atoms with Gasteiger partial charge in [-0.25, -0.2) is 9.36 Å². The van der Waals surface area contributed by atoms with Crippen LogP contribution in [-0.2, 0) is 22.6 Å². The van der Waals surface area contributed by atoms with Crippen LogP contribution in [0.5, 0.6) is 0 Å². The van der Waals surface area contributed by atoms with Crippen LogP contribution < -0.4 is 27.2 Å². The van der Waals surface area contributed by atoms with Crippen molar-refractivity contribution in [3.05, 3.63) is 20.8 Å². The summed E-state index contributed by atoms with van der Waals surface area (Å²) in [6.07, 6.45) is 1.45. The number of hydrogen-bond donors (Lipinski definition) is 2. The van der Waals surface area contributed by atoms with Crippen molar-refractivity contribution in [2.75, 3.05) is 36.9 Å². The standard InChI is InChI=1S/C17H29N5O4/c1-4-6-21-15(18)14(20-7-9-26-10-8-20)16(24)22(17(21)25)11-13(23)19-12(3)5-2/h12H,4-11,18H2,1-3H3,(H,19,23)/t12-/m0/s1. The van der Waals surface area contributed by atoms with E-state index in [-0.39, 0.29) is 30.0 Å². The molecular formula is C17H29N5O4. The fourth-order valence-electron chi connectivity index (χ4n) is 2.93.